The van der Waals surface area contributed by atoms with Gasteiger partial charge in [-0.05, 0) is 75.8 Å². The third-order valence-corrected chi connectivity index (χ3v) is 6.26. The Hall–Kier alpha value is -0.840. The van der Waals surface area contributed by atoms with E-state index in [2.05, 4.69) is 17.0 Å². The van der Waals surface area contributed by atoms with Crippen LogP contribution in [0.4, 0.5) is 0 Å². The Morgan fingerprint density at radius 3 is 2.72 bits per heavy atom. The number of piperidine rings is 1. The highest BCUT2D eigenvalue weighted by Crippen LogP contribution is 2.39. The second-order valence-corrected chi connectivity index (χ2v) is 8.49. The van der Waals surface area contributed by atoms with Crippen molar-refractivity contribution in [1.29, 1.82) is 0 Å². The minimum atomic E-state index is 0.134. The van der Waals surface area contributed by atoms with Crippen LogP contribution in [0.15, 0.2) is 16.5 Å². The summed E-state index contributed by atoms with van der Waals surface area (Å²) in [6.07, 6.45) is 8.74. The van der Waals surface area contributed by atoms with Crippen LogP contribution >= 0.6 is 0 Å². The highest BCUT2D eigenvalue weighted by molar-refractivity contribution is 5.06. The van der Waals surface area contributed by atoms with Crippen LogP contribution in [0, 0.1) is 18.8 Å². The molecule has 1 saturated carbocycles. The van der Waals surface area contributed by atoms with E-state index >= 15 is 0 Å². The van der Waals surface area contributed by atoms with E-state index in [1.54, 1.807) is 0 Å². The molecule has 0 amide bonds. The fraction of sp³-hybridized carbons (Fsp3) is 0.810. The SMILES string of the molecule is Cc1ccc(CN2CCC3(CC2)CC(CCOCC2CC2)CCO3)o1. The number of furan rings is 1. The molecule has 1 aromatic heterocycles. The summed E-state index contributed by atoms with van der Waals surface area (Å²) in [5.74, 6) is 3.75. The zero-order valence-corrected chi connectivity index (χ0v) is 15.7. The zero-order chi connectivity index (χ0) is 17.1. The molecule has 3 aliphatic rings. The lowest BCUT2D eigenvalue weighted by Crippen LogP contribution is -2.49. The van der Waals surface area contributed by atoms with Gasteiger partial charge in [0, 0.05) is 32.9 Å². The Balaban J connectivity index is 1.20. The van der Waals surface area contributed by atoms with E-state index in [-0.39, 0.29) is 5.60 Å². The molecule has 1 aromatic rings. The highest BCUT2D eigenvalue weighted by atomic mass is 16.5. The first-order valence-corrected chi connectivity index (χ1v) is 10.2. The van der Waals surface area contributed by atoms with Crippen LogP contribution in [0.1, 0.15) is 56.5 Å². The number of aryl methyl sites for hydroxylation is 1. The average Bonchev–Trinajstić information content (AvgIpc) is 3.35. The minimum Gasteiger partial charge on any atom is -0.465 e. The number of hydrogen-bond donors (Lipinski definition) is 0. The van der Waals surface area contributed by atoms with Crippen molar-refractivity contribution in [1.82, 2.24) is 4.90 Å². The van der Waals surface area contributed by atoms with Crippen molar-refractivity contribution in [2.24, 2.45) is 11.8 Å². The fourth-order valence-electron chi connectivity index (χ4n) is 4.42. The van der Waals surface area contributed by atoms with Crippen LogP contribution < -0.4 is 0 Å². The van der Waals surface area contributed by atoms with Crippen molar-refractivity contribution in [3.8, 4) is 0 Å². The summed E-state index contributed by atoms with van der Waals surface area (Å²) < 4.78 is 17.9. The number of likely N-dealkylation sites (tertiary alicyclic amines) is 1. The topological polar surface area (TPSA) is 34.8 Å². The first-order valence-electron chi connectivity index (χ1n) is 10.2. The van der Waals surface area contributed by atoms with E-state index in [1.807, 2.05) is 6.92 Å². The molecule has 1 aliphatic carbocycles. The second-order valence-electron chi connectivity index (χ2n) is 8.49. The Morgan fingerprint density at radius 2 is 2.00 bits per heavy atom. The van der Waals surface area contributed by atoms with E-state index in [4.69, 9.17) is 13.9 Å². The monoisotopic (exact) mass is 347 g/mol. The van der Waals surface area contributed by atoms with Gasteiger partial charge in [-0.1, -0.05) is 0 Å². The van der Waals surface area contributed by atoms with E-state index in [0.29, 0.717) is 0 Å². The molecule has 2 saturated heterocycles. The summed E-state index contributed by atoms with van der Waals surface area (Å²) in [5, 5.41) is 0. The number of nitrogens with zero attached hydrogens (tertiary/aromatic N) is 1. The van der Waals surface area contributed by atoms with Crippen LogP contribution in [0.2, 0.25) is 0 Å². The molecule has 3 fully saturated rings. The van der Waals surface area contributed by atoms with Gasteiger partial charge in [-0.15, -0.1) is 0 Å². The lowest BCUT2D eigenvalue weighted by molar-refractivity contribution is -0.130. The van der Waals surface area contributed by atoms with Crippen molar-refractivity contribution >= 4 is 0 Å². The molecule has 0 N–H and O–H groups in total. The van der Waals surface area contributed by atoms with Gasteiger partial charge in [0.05, 0.1) is 12.1 Å². The van der Waals surface area contributed by atoms with E-state index in [0.717, 1.165) is 75.7 Å². The van der Waals surface area contributed by atoms with E-state index < -0.39 is 0 Å². The Morgan fingerprint density at radius 1 is 1.16 bits per heavy atom. The molecule has 0 bridgehead atoms. The maximum atomic E-state index is 6.30. The average molecular weight is 347 g/mol. The van der Waals surface area contributed by atoms with Gasteiger partial charge in [0.25, 0.3) is 0 Å². The molecule has 1 atom stereocenters. The second kappa shape index (κ2) is 7.81. The maximum Gasteiger partial charge on any atom is 0.118 e. The fourth-order valence-corrected chi connectivity index (χ4v) is 4.42. The molecule has 1 unspecified atom stereocenters. The highest BCUT2D eigenvalue weighted by Gasteiger charge is 2.40. The predicted octanol–water partition coefficient (Wildman–Crippen LogP) is 4.17. The van der Waals surface area contributed by atoms with Crippen molar-refractivity contribution in [2.75, 3.05) is 32.9 Å². The van der Waals surface area contributed by atoms with Crippen LogP contribution in [-0.2, 0) is 16.0 Å². The van der Waals surface area contributed by atoms with Gasteiger partial charge < -0.3 is 13.9 Å². The van der Waals surface area contributed by atoms with Crippen molar-refractivity contribution in [2.45, 2.75) is 64.0 Å². The van der Waals surface area contributed by atoms with Gasteiger partial charge >= 0.3 is 0 Å². The van der Waals surface area contributed by atoms with Crippen LogP contribution in [0.25, 0.3) is 0 Å². The Labute approximate surface area is 151 Å². The molecule has 0 aromatic carbocycles. The summed E-state index contributed by atoms with van der Waals surface area (Å²) in [6.45, 7) is 8.05. The molecule has 3 heterocycles. The normalized spacial score (nSPS) is 27.0. The summed E-state index contributed by atoms with van der Waals surface area (Å²) in [7, 11) is 0. The van der Waals surface area contributed by atoms with Gasteiger partial charge in [0.15, 0.2) is 0 Å². The maximum absolute atomic E-state index is 6.30. The first kappa shape index (κ1) is 17.6. The lowest BCUT2D eigenvalue weighted by atomic mass is 9.78. The molecule has 4 rings (SSSR count). The summed E-state index contributed by atoms with van der Waals surface area (Å²) in [4.78, 5) is 2.51. The third-order valence-electron chi connectivity index (χ3n) is 6.26. The van der Waals surface area contributed by atoms with Gasteiger partial charge in [-0.2, -0.15) is 0 Å². The Kier molecular flexibility index (Phi) is 5.49. The smallest absolute Gasteiger partial charge is 0.118 e. The third kappa shape index (κ3) is 4.87. The summed E-state index contributed by atoms with van der Waals surface area (Å²) >= 11 is 0. The number of hydrogen-bond acceptors (Lipinski definition) is 4. The molecular formula is C21H33NO3. The standard InChI is InChI=1S/C21H33NO3/c1-17-2-5-20(25-17)15-22-10-8-21(9-11-22)14-18(7-13-24-21)6-12-23-16-19-3-4-19/h2,5,18-19H,3-4,6-16H2,1H3. The van der Waals surface area contributed by atoms with Crippen molar-refractivity contribution < 1.29 is 13.9 Å². The van der Waals surface area contributed by atoms with Gasteiger partial charge in [-0.3, -0.25) is 4.90 Å². The van der Waals surface area contributed by atoms with Gasteiger partial charge in [0.2, 0.25) is 0 Å². The molecular weight excluding hydrogens is 314 g/mol. The quantitative estimate of drug-likeness (QED) is 0.694. The Bertz CT molecular complexity index is 543. The first-order chi connectivity index (χ1) is 12.2. The summed E-state index contributed by atoms with van der Waals surface area (Å²) in [6, 6.07) is 4.16. The summed E-state index contributed by atoms with van der Waals surface area (Å²) in [5.41, 5.74) is 0.134. The minimum absolute atomic E-state index is 0.134. The van der Waals surface area contributed by atoms with Gasteiger partial charge in [-0.25, -0.2) is 0 Å². The number of ether oxygens (including phenoxy) is 2. The molecule has 2 aliphatic heterocycles. The predicted molar refractivity (Wildman–Crippen MR) is 97.5 cm³/mol. The molecule has 1 spiro atoms. The molecule has 140 valence electrons. The molecule has 4 nitrogen and oxygen atoms in total. The lowest BCUT2D eigenvalue weighted by Gasteiger charge is -2.46. The van der Waals surface area contributed by atoms with Crippen LogP contribution in [-0.4, -0.2) is 43.4 Å². The van der Waals surface area contributed by atoms with E-state index in [1.165, 1.54) is 32.1 Å². The molecule has 4 heteroatoms. The van der Waals surface area contributed by atoms with Crippen LogP contribution in [0.3, 0.4) is 0 Å². The van der Waals surface area contributed by atoms with Gasteiger partial charge in [0.1, 0.15) is 11.5 Å². The zero-order valence-electron chi connectivity index (χ0n) is 15.7. The van der Waals surface area contributed by atoms with Crippen molar-refractivity contribution in [3.63, 3.8) is 0 Å². The molecule has 25 heavy (non-hydrogen) atoms. The largest absolute Gasteiger partial charge is 0.465 e. The van der Waals surface area contributed by atoms with Crippen LogP contribution in [0.5, 0.6) is 0 Å². The van der Waals surface area contributed by atoms with E-state index in [9.17, 15) is 0 Å². The molecule has 0 radical (unpaired) electrons. The van der Waals surface area contributed by atoms with Crippen molar-refractivity contribution in [3.05, 3.63) is 23.7 Å². The number of rotatable bonds is 7.